The van der Waals surface area contributed by atoms with Crippen molar-refractivity contribution in [3.05, 3.63) is 29.8 Å². The van der Waals surface area contributed by atoms with Crippen molar-refractivity contribution in [1.29, 1.82) is 0 Å². The summed E-state index contributed by atoms with van der Waals surface area (Å²) < 4.78 is 23.3. The molecule has 1 aromatic rings. The molecule has 1 aromatic carbocycles. The molecule has 2 N–H and O–H groups in total. The third kappa shape index (κ3) is 4.12. The number of fused-ring (bicyclic) bond motifs is 1. The number of amides is 1. The van der Waals surface area contributed by atoms with Gasteiger partial charge >= 0.3 is 0 Å². The first kappa shape index (κ1) is 18.1. The maximum atomic E-state index is 11.6. The van der Waals surface area contributed by atoms with Gasteiger partial charge in [0.05, 0.1) is 6.61 Å². The molecular weight excluding hydrogens is 326 g/mol. The van der Waals surface area contributed by atoms with Crippen molar-refractivity contribution in [3.8, 4) is 5.75 Å². The topological polar surface area (TPSA) is 86.3 Å². The van der Waals surface area contributed by atoms with Gasteiger partial charge in [0, 0.05) is 6.92 Å². The van der Waals surface area contributed by atoms with Crippen LogP contribution in [0.4, 0.5) is 0 Å². The van der Waals surface area contributed by atoms with Gasteiger partial charge in [-0.3, -0.25) is 4.79 Å². The molecule has 2 fully saturated rings. The van der Waals surface area contributed by atoms with Gasteiger partial charge < -0.3 is 29.4 Å². The monoisotopic (exact) mass is 351 g/mol. The van der Waals surface area contributed by atoms with Gasteiger partial charge in [-0.1, -0.05) is 12.1 Å². The zero-order chi connectivity index (χ0) is 18.2. The van der Waals surface area contributed by atoms with Crippen LogP contribution < -0.4 is 10.1 Å². The van der Waals surface area contributed by atoms with Crippen LogP contribution in [0.5, 0.6) is 5.75 Å². The molecule has 5 atom stereocenters. The van der Waals surface area contributed by atoms with E-state index >= 15 is 0 Å². The normalized spacial score (nSPS) is 34.0. The Kier molecular flexibility index (Phi) is 5.02. The summed E-state index contributed by atoms with van der Waals surface area (Å²) in [5, 5.41) is 13.5. The number of rotatable bonds is 3. The number of ether oxygens (including phenoxy) is 4. The maximum Gasteiger partial charge on any atom is 0.223 e. The smallest absolute Gasteiger partial charge is 0.223 e. The molecule has 0 aliphatic carbocycles. The molecule has 2 heterocycles. The van der Waals surface area contributed by atoms with Crippen LogP contribution in [0.25, 0.3) is 0 Å². The Morgan fingerprint density at radius 1 is 1.40 bits per heavy atom. The summed E-state index contributed by atoms with van der Waals surface area (Å²) in [4.78, 5) is 11.6. The lowest BCUT2D eigenvalue weighted by atomic mass is 9.95. The number of hydrogen-bond acceptors (Lipinski definition) is 6. The average Bonchev–Trinajstić information content (AvgIpc) is 2.51. The minimum absolute atomic E-state index is 0.273. The van der Waals surface area contributed by atoms with E-state index in [1.165, 1.54) is 6.92 Å². The summed E-state index contributed by atoms with van der Waals surface area (Å²) in [6.45, 7) is 7.17. The Bertz CT molecular complexity index is 634. The quantitative estimate of drug-likeness (QED) is 0.849. The highest BCUT2D eigenvalue weighted by molar-refractivity contribution is 5.73. The van der Waals surface area contributed by atoms with Crippen LogP contribution in [-0.4, -0.2) is 54.1 Å². The fraction of sp³-hybridized carbons (Fsp3) is 0.611. The molecule has 138 valence electrons. The van der Waals surface area contributed by atoms with E-state index in [2.05, 4.69) is 5.32 Å². The Hall–Kier alpha value is -1.67. The van der Waals surface area contributed by atoms with E-state index in [4.69, 9.17) is 18.9 Å². The highest BCUT2D eigenvalue weighted by atomic mass is 16.8. The number of aliphatic hydroxyl groups is 1. The highest BCUT2D eigenvalue weighted by Gasteiger charge is 2.52. The third-order valence-electron chi connectivity index (χ3n) is 4.30. The average molecular weight is 351 g/mol. The van der Waals surface area contributed by atoms with E-state index in [1.807, 2.05) is 25.1 Å². The Morgan fingerprint density at radius 3 is 2.84 bits per heavy atom. The fourth-order valence-corrected chi connectivity index (χ4v) is 3.16. The van der Waals surface area contributed by atoms with Crippen LogP contribution in [0.3, 0.4) is 0 Å². The standard InChI is InChI=1S/C18H25NO6/c1-10-6-5-7-12(8-10)23-17-14(19-11(2)20)15(21)16-13(24-17)9-22-18(3,4)25-16/h5-8,13-17,21H,9H2,1-4H3,(H,19,20)/t13-,14+,15+,16+,17-/m1/s1. The zero-order valence-corrected chi connectivity index (χ0v) is 14.9. The predicted octanol–water partition coefficient (Wildman–Crippen LogP) is 1.12. The van der Waals surface area contributed by atoms with Crippen LogP contribution >= 0.6 is 0 Å². The summed E-state index contributed by atoms with van der Waals surface area (Å²) >= 11 is 0. The number of benzene rings is 1. The van der Waals surface area contributed by atoms with Gasteiger partial charge in [0.1, 0.15) is 30.1 Å². The van der Waals surface area contributed by atoms with E-state index in [0.29, 0.717) is 5.75 Å². The molecule has 0 unspecified atom stereocenters. The first-order valence-corrected chi connectivity index (χ1v) is 8.41. The van der Waals surface area contributed by atoms with Gasteiger partial charge in [-0.25, -0.2) is 0 Å². The lowest BCUT2D eigenvalue weighted by Crippen LogP contribution is -2.69. The molecule has 0 radical (unpaired) electrons. The van der Waals surface area contributed by atoms with Crippen molar-refractivity contribution >= 4 is 5.91 Å². The van der Waals surface area contributed by atoms with E-state index in [0.717, 1.165) is 5.56 Å². The fourth-order valence-electron chi connectivity index (χ4n) is 3.16. The molecule has 0 spiro atoms. The van der Waals surface area contributed by atoms with Gasteiger partial charge in [0.25, 0.3) is 0 Å². The van der Waals surface area contributed by atoms with Crippen molar-refractivity contribution < 1.29 is 28.8 Å². The lowest BCUT2D eigenvalue weighted by molar-refractivity contribution is -0.361. The van der Waals surface area contributed by atoms with Gasteiger partial charge in [-0.2, -0.15) is 0 Å². The summed E-state index contributed by atoms with van der Waals surface area (Å²) in [7, 11) is 0. The molecule has 2 aliphatic heterocycles. The van der Waals surface area contributed by atoms with E-state index < -0.39 is 36.4 Å². The van der Waals surface area contributed by atoms with Crippen molar-refractivity contribution in [2.45, 2.75) is 64.1 Å². The Balaban J connectivity index is 1.82. The molecule has 2 saturated heterocycles. The number of nitrogens with one attached hydrogen (secondary N) is 1. The van der Waals surface area contributed by atoms with Crippen LogP contribution in [0, 0.1) is 6.92 Å². The van der Waals surface area contributed by atoms with Crippen LogP contribution in [0.15, 0.2) is 24.3 Å². The van der Waals surface area contributed by atoms with Crippen LogP contribution in [-0.2, 0) is 19.0 Å². The molecule has 25 heavy (non-hydrogen) atoms. The molecule has 0 bridgehead atoms. The van der Waals surface area contributed by atoms with Crippen molar-refractivity contribution in [1.82, 2.24) is 5.32 Å². The zero-order valence-electron chi connectivity index (χ0n) is 14.9. The van der Waals surface area contributed by atoms with Crippen molar-refractivity contribution in [3.63, 3.8) is 0 Å². The molecule has 0 saturated carbocycles. The Morgan fingerprint density at radius 2 is 2.16 bits per heavy atom. The maximum absolute atomic E-state index is 11.6. The van der Waals surface area contributed by atoms with Gasteiger partial charge in [-0.15, -0.1) is 0 Å². The first-order chi connectivity index (χ1) is 11.7. The second kappa shape index (κ2) is 6.92. The second-order valence-electron chi connectivity index (χ2n) is 6.99. The molecular formula is C18H25NO6. The number of aliphatic hydroxyl groups excluding tert-OH is 1. The van der Waals surface area contributed by atoms with E-state index in [9.17, 15) is 9.90 Å². The van der Waals surface area contributed by atoms with E-state index in [-0.39, 0.29) is 12.5 Å². The summed E-state index contributed by atoms with van der Waals surface area (Å²) in [6.07, 6.45) is -2.93. The van der Waals surface area contributed by atoms with Crippen LogP contribution in [0.1, 0.15) is 26.3 Å². The molecule has 7 nitrogen and oxygen atoms in total. The summed E-state index contributed by atoms with van der Waals surface area (Å²) in [5.74, 6) is -0.504. The highest BCUT2D eigenvalue weighted by Crippen LogP contribution is 2.33. The summed E-state index contributed by atoms with van der Waals surface area (Å²) in [6, 6.07) is 6.74. The largest absolute Gasteiger partial charge is 0.463 e. The van der Waals surface area contributed by atoms with E-state index in [1.54, 1.807) is 19.9 Å². The number of aryl methyl sites for hydroxylation is 1. The first-order valence-electron chi connectivity index (χ1n) is 8.41. The lowest BCUT2D eigenvalue weighted by Gasteiger charge is -2.49. The number of carbonyl (C=O) groups excluding carboxylic acids is 1. The summed E-state index contributed by atoms with van der Waals surface area (Å²) in [5.41, 5.74) is 1.04. The molecule has 2 aliphatic rings. The minimum atomic E-state index is -0.986. The molecule has 7 heteroatoms. The van der Waals surface area contributed by atoms with Crippen molar-refractivity contribution in [2.24, 2.45) is 0 Å². The van der Waals surface area contributed by atoms with Gasteiger partial charge in [0.2, 0.25) is 12.2 Å². The number of carbonyl (C=O) groups is 1. The molecule has 3 rings (SSSR count). The van der Waals surface area contributed by atoms with Gasteiger partial charge in [0.15, 0.2) is 5.79 Å². The SMILES string of the molecule is CC(=O)N[C@@H]1[C@H](Oc2cccc(C)c2)O[C@@H]2COC(C)(C)O[C@@H]2[C@H]1O. The van der Waals surface area contributed by atoms with Crippen molar-refractivity contribution in [2.75, 3.05) is 6.61 Å². The number of hydrogen-bond donors (Lipinski definition) is 2. The van der Waals surface area contributed by atoms with Crippen LogP contribution in [0.2, 0.25) is 0 Å². The second-order valence-corrected chi connectivity index (χ2v) is 6.99. The minimum Gasteiger partial charge on any atom is -0.463 e. The molecule has 1 amide bonds. The molecule has 0 aromatic heterocycles. The predicted molar refractivity (Wildman–Crippen MR) is 89.0 cm³/mol. The Labute approximate surface area is 147 Å². The third-order valence-corrected chi connectivity index (χ3v) is 4.30. The van der Waals surface area contributed by atoms with Gasteiger partial charge in [-0.05, 0) is 38.5 Å².